The van der Waals surface area contributed by atoms with Gasteiger partial charge in [0.25, 0.3) is 0 Å². The van der Waals surface area contributed by atoms with Crippen LogP contribution >= 0.6 is 0 Å². The molecule has 0 saturated heterocycles. The van der Waals surface area contributed by atoms with Gasteiger partial charge in [-0.15, -0.1) is 41.5 Å². The van der Waals surface area contributed by atoms with Crippen LogP contribution in [0.5, 0.6) is 0 Å². The molecule has 227 valence electrons. The van der Waals surface area contributed by atoms with Gasteiger partial charge in [0.2, 0.25) is 0 Å². The second kappa shape index (κ2) is 14.5. The van der Waals surface area contributed by atoms with Crippen molar-refractivity contribution in [2.24, 2.45) is 5.92 Å². The van der Waals surface area contributed by atoms with Crippen LogP contribution in [-0.4, -0.2) is 14.5 Å². The Kier molecular flexibility index (Phi) is 10.3. The van der Waals surface area contributed by atoms with Gasteiger partial charge in [-0.05, 0) is 58.3 Å². The summed E-state index contributed by atoms with van der Waals surface area (Å²) in [4.78, 5) is 9.20. The molecular formula is C41H37IrN3-2. The Hall–Kier alpha value is -4.50. The van der Waals surface area contributed by atoms with Crippen molar-refractivity contribution < 1.29 is 20.1 Å². The van der Waals surface area contributed by atoms with Crippen molar-refractivity contribution in [3.8, 4) is 33.6 Å². The molecule has 45 heavy (non-hydrogen) atoms. The molecule has 0 unspecified atom stereocenters. The normalized spacial score (nSPS) is 10.8. The number of aromatic nitrogens is 3. The first-order valence-electron chi connectivity index (χ1n) is 15.3. The number of nitrogens with zero attached hydrogens (tertiary/aromatic N) is 3. The molecule has 0 spiro atoms. The summed E-state index contributed by atoms with van der Waals surface area (Å²) in [6.45, 7) is 11.8. The third-order valence-corrected chi connectivity index (χ3v) is 7.94. The minimum Gasteiger partial charge on any atom is -0.380 e. The van der Waals surface area contributed by atoms with Gasteiger partial charge in [-0.25, -0.2) is 0 Å². The van der Waals surface area contributed by atoms with Crippen LogP contribution in [0.15, 0.2) is 128 Å². The molecule has 0 fully saturated rings. The molecule has 3 heterocycles. The molecule has 7 aromatic rings. The summed E-state index contributed by atoms with van der Waals surface area (Å²) in [6.07, 6.45) is 4.81. The van der Waals surface area contributed by atoms with Gasteiger partial charge in [0.15, 0.2) is 0 Å². The molecule has 3 aromatic heterocycles. The summed E-state index contributed by atoms with van der Waals surface area (Å²) in [5.74, 6) is 0.575. The van der Waals surface area contributed by atoms with E-state index in [0.717, 1.165) is 41.0 Å². The van der Waals surface area contributed by atoms with E-state index in [1.54, 1.807) is 0 Å². The number of pyridine rings is 2. The van der Waals surface area contributed by atoms with Gasteiger partial charge < -0.3 is 9.55 Å². The predicted octanol–water partition coefficient (Wildman–Crippen LogP) is 10.5. The van der Waals surface area contributed by atoms with E-state index in [2.05, 4.69) is 121 Å². The second-order valence-corrected chi connectivity index (χ2v) is 11.5. The van der Waals surface area contributed by atoms with E-state index in [0.29, 0.717) is 5.92 Å². The van der Waals surface area contributed by atoms with Crippen LogP contribution < -0.4 is 0 Å². The Morgan fingerprint density at radius 1 is 0.756 bits per heavy atom. The average molecular weight is 764 g/mol. The van der Waals surface area contributed by atoms with Gasteiger partial charge in [0.1, 0.15) is 0 Å². The summed E-state index contributed by atoms with van der Waals surface area (Å²) in [5.41, 5.74) is 11.4. The topological polar surface area (TPSA) is 30.7 Å². The summed E-state index contributed by atoms with van der Waals surface area (Å²) >= 11 is 0. The molecule has 0 bridgehead atoms. The number of rotatable bonds is 6. The fourth-order valence-corrected chi connectivity index (χ4v) is 5.89. The van der Waals surface area contributed by atoms with Crippen LogP contribution in [0.4, 0.5) is 0 Å². The van der Waals surface area contributed by atoms with Gasteiger partial charge in [0.05, 0.1) is 0 Å². The van der Waals surface area contributed by atoms with E-state index in [1.807, 2.05) is 54.9 Å². The standard InChI is InChI=1S/C21H19N2.C20H18N.Ir/c1-15(2)14-23-20-12-4-3-8-16(20)17-9-7-10-18(21(17)23)19-11-5-6-13-22-19;1-3-16-13-20(18-12-8-7-9-15(18)2)21-14-19(16)17-10-5-4-6-11-17;/h3-9,11-13,15H,14H2,1-2H3;4-14H,2-3H2,1H3;/q2*-1;. The van der Waals surface area contributed by atoms with Crippen molar-refractivity contribution >= 4 is 21.8 Å². The number of fused-ring (bicyclic) bond motifs is 3. The van der Waals surface area contributed by atoms with Crippen LogP contribution in [0.3, 0.4) is 0 Å². The zero-order valence-electron chi connectivity index (χ0n) is 26.0. The van der Waals surface area contributed by atoms with Crippen LogP contribution in [-0.2, 0) is 33.1 Å². The molecule has 0 saturated carbocycles. The first kappa shape index (κ1) is 31.9. The Balaban J connectivity index is 0.000000175. The predicted molar refractivity (Wildman–Crippen MR) is 185 cm³/mol. The van der Waals surface area contributed by atoms with Crippen molar-refractivity contribution in [3.63, 3.8) is 0 Å². The van der Waals surface area contributed by atoms with E-state index >= 15 is 0 Å². The molecule has 3 nitrogen and oxygen atoms in total. The molecule has 0 amide bonds. The summed E-state index contributed by atoms with van der Waals surface area (Å²) in [7, 11) is 0. The number of hydrogen-bond acceptors (Lipinski definition) is 2. The van der Waals surface area contributed by atoms with Gasteiger partial charge in [-0.1, -0.05) is 92.9 Å². The van der Waals surface area contributed by atoms with Gasteiger partial charge >= 0.3 is 0 Å². The van der Waals surface area contributed by atoms with Crippen LogP contribution in [0, 0.1) is 18.9 Å². The molecular weight excluding hydrogens is 727 g/mol. The number of hydrogen-bond donors (Lipinski definition) is 0. The van der Waals surface area contributed by atoms with Gasteiger partial charge in [-0.3, -0.25) is 4.98 Å². The van der Waals surface area contributed by atoms with Gasteiger partial charge in [0, 0.05) is 55.8 Å². The number of aryl methyl sites for hydroxylation is 1. The molecule has 4 heteroatoms. The number of para-hydroxylation sites is 1. The van der Waals surface area contributed by atoms with Crippen LogP contribution in [0.2, 0.25) is 0 Å². The first-order chi connectivity index (χ1) is 21.5. The van der Waals surface area contributed by atoms with E-state index in [-0.39, 0.29) is 20.1 Å². The quantitative estimate of drug-likeness (QED) is 0.158. The maximum Gasteiger partial charge on any atom is 0.0391 e. The first-order valence-corrected chi connectivity index (χ1v) is 15.3. The molecule has 4 aromatic carbocycles. The van der Waals surface area contributed by atoms with Crippen molar-refractivity contribution in [3.05, 3.63) is 152 Å². The minimum absolute atomic E-state index is 0. The number of benzene rings is 4. The Morgan fingerprint density at radius 3 is 2.22 bits per heavy atom. The fraction of sp³-hybridized carbons (Fsp3) is 0.146. The van der Waals surface area contributed by atoms with Crippen molar-refractivity contribution in [2.75, 3.05) is 0 Å². The molecule has 0 aliphatic heterocycles. The third-order valence-electron chi connectivity index (χ3n) is 7.94. The molecule has 0 aliphatic rings. The smallest absolute Gasteiger partial charge is 0.0391 e. The molecule has 7 rings (SSSR count). The van der Waals surface area contributed by atoms with E-state index in [9.17, 15) is 0 Å². The van der Waals surface area contributed by atoms with Gasteiger partial charge in [-0.2, -0.15) is 18.6 Å². The minimum atomic E-state index is 0. The zero-order chi connectivity index (χ0) is 30.5. The zero-order valence-corrected chi connectivity index (χ0v) is 28.4. The van der Waals surface area contributed by atoms with E-state index < -0.39 is 0 Å². The average Bonchev–Trinajstić information content (AvgIpc) is 3.39. The second-order valence-electron chi connectivity index (χ2n) is 11.5. The molecule has 1 radical (unpaired) electrons. The van der Waals surface area contributed by atoms with Crippen LogP contribution in [0.25, 0.3) is 55.4 Å². The maximum atomic E-state index is 4.65. The largest absolute Gasteiger partial charge is 0.380 e. The Morgan fingerprint density at radius 2 is 1.49 bits per heavy atom. The van der Waals surface area contributed by atoms with Crippen LogP contribution in [0.1, 0.15) is 31.9 Å². The Bertz CT molecular complexity index is 2010. The molecule has 0 N–H and O–H groups in total. The summed E-state index contributed by atoms with van der Waals surface area (Å²) < 4.78 is 2.43. The Labute approximate surface area is 280 Å². The van der Waals surface area contributed by atoms with Crippen molar-refractivity contribution in [2.45, 2.75) is 33.7 Å². The fourth-order valence-electron chi connectivity index (χ4n) is 5.89. The SMILES string of the molecule is CC(C)Cn1c2ccccc2c2cc[c-]c(-c3ccccn3)c21.[CH2-]c1ccccc1-c1cc(CC)c(-c2ccccc2)cn1.[Ir]. The van der Waals surface area contributed by atoms with Crippen molar-refractivity contribution in [1.82, 2.24) is 14.5 Å². The summed E-state index contributed by atoms with van der Waals surface area (Å²) in [6, 6.07) is 43.0. The van der Waals surface area contributed by atoms with E-state index in [4.69, 9.17) is 0 Å². The monoisotopic (exact) mass is 764 g/mol. The van der Waals surface area contributed by atoms with E-state index in [1.165, 1.54) is 38.5 Å². The summed E-state index contributed by atoms with van der Waals surface area (Å²) in [5, 5.41) is 2.58. The van der Waals surface area contributed by atoms with Crippen molar-refractivity contribution in [1.29, 1.82) is 0 Å². The molecule has 0 aliphatic carbocycles. The molecule has 0 atom stereocenters. The third kappa shape index (κ3) is 6.78. The maximum absolute atomic E-state index is 4.65.